The molecule has 0 amide bonds. The van der Waals surface area contributed by atoms with E-state index in [2.05, 4.69) is 4.72 Å². The molecule has 3 N–H and O–H groups in total. The van der Waals surface area contributed by atoms with E-state index in [1.165, 1.54) is 23.9 Å². The fourth-order valence-electron chi connectivity index (χ4n) is 1.15. The van der Waals surface area contributed by atoms with E-state index < -0.39 is 15.8 Å². The Kier molecular flexibility index (Phi) is 4.63. The van der Waals surface area contributed by atoms with Gasteiger partial charge in [-0.05, 0) is 38.3 Å². The first-order chi connectivity index (χ1) is 8.18. The molecule has 0 radical (unpaired) electrons. The highest BCUT2D eigenvalue weighted by Gasteiger charge is 2.23. The minimum Gasteiger partial charge on any atom is -0.399 e. The lowest BCUT2D eigenvalue weighted by Crippen LogP contribution is -2.36. The van der Waals surface area contributed by atoms with E-state index in [1.807, 2.05) is 20.1 Å². The van der Waals surface area contributed by atoms with Gasteiger partial charge in [0, 0.05) is 17.0 Å². The van der Waals surface area contributed by atoms with Crippen LogP contribution >= 0.6 is 11.8 Å². The number of halogens is 1. The van der Waals surface area contributed by atoms with Crippen LogP contribution in [0.15, 0.2) is 23.1 Å². The topological polar surface area (TPSA) is 72.2 Å². The van der Waals surface area contributed by atoms with Crippen molar-refractivity contribution in [2.75, 3.05) is 18.5 Å². The Morgan fingerprint density at radius 1 is 1.44 bits per heavy atom. The normalized spacial score (nSPS) is 12.7. The summed E-state index contributed by atoms with van der Waals surface area (Å²) in [5.41, 5.74) is 5.57. The number of hydrogen-bond donors (Lipinski definition) is 2. The Bertz CT molecular complexity index is 530. The summed E-state index contributed by atoms with van der Waals surface area (Å²) in [6.07, 6.45) is 1.89. The second-order valence-corrected chi connectivity index (χ2v) is 7.73. The number of nitrogens with two attached hydrogens (primary N) is 1. The summed E-state index contributed by atoms with van der Waals surface area (Å²) in [6, 6.07) is 3.52. The zero-order valence-corrected chi connectivity index (χ0v) is 12.2. The van der Waals surface area contributed by atoms with E-state index in [-0.39, 0.29) is 21.9 Å². The molecule has 0 aliphatic heterocycles. The van der Waals surface area contributed by atoms with Crippen molar-refractivity contribution in [1.29, 1.82) is 0 Å². The number of nitrogen functional groups attached to an aromatic ring is 1. The third kappa shape index (κ3) is 3.86. The van der Waals surface area contributed by atoms with Gasteiger partial charge in [-0.2, -0.15) is 11.8 Å². The zero-order valence-electron chi connectivity index (χ0n) is 10.5. The van der Waals surface area contributed by atoms with E-state index in [1.54, 1.807) is 0 Å². The van der Waals surface area contributed by atoms with Gasteiger partial charge in [-0.15, -0.1) is 0 Å². The SMILES string of the molecule is CSC(C)(C)CNS(=O)(=O)c1ccc(N)cc1F. The van der Waals surface area contributed by atoms with Crippen molar-refractivity contribution < 1.29 is 12.8 Å². The van der Waals surface area contributed by atoms with Crippen molar-refractivity contribution in [3.8, 4) is 0 Å². The molecule has 0 aliphatic rings. The van der Waals surface area contributed by atoms with Gasteiger partial charge in [-0.25, -0.2) is 17.5 Å². The van der Waals surface area contributed by atoms with Gasteiger partial charge in [0.15, 0.2) is 0 Å². The van der Waals surface area contributed by atoms with Crippen LogP contribution < -0.4 is 10.5 Å². The van der Waals surface area contributed by atoms with Crippen molar-refractivity contribution >= 4 is 27.5 Å². The molecule has 0 bridgehead atoms. The van der Waals surface area contributed by atoms with Gasteiger partial charge in [0.2, 0.25) is 10.0 Å². The lowest BCUT2D eigenvalue weighted by molar-refractivity contribution is 0.550. The standard InChI is InChI=1S/C11H17FN2O2S2/c1-11(2,17-3)7-14-18(15,16)10-5-4-8(13)6-9(10)12/h4-6,14H,7,13H2,1-3H3. The molecule has 4 nitrogen and oxygen atoms in total. The van der Waals surface area contributed by atoms with Crippen LogP contribution in [0.2, 0.25) is 0 Å². The van der Waals surface area contributed by atoms with Gasteiger partial charge in [0.1, 0.15) is 10.7 Å². The average Bonchev–Trinajstić information content (AvgIpc) is 2.26. The summed E-state index contributed by atoms with van der Waals surface area (Å²) in [7, 11) is -3.84. The largest absolute Gasteiger partial charge is 0.399 e. The Hall–Kier alpha value is -0.790. The van der Waals surface area contributed by atoms with Crippen LogP contribution in [0.1, 0.15) is 13.8 Å². The second-order valence-electron chi connectivity index (χ2n) is 4.48. The van der Waals surface area contributed by atoms with Gasteiger partial charge in [-0.1, -0.05) is 0 Å². The molecule has 0 fully saturated rings. The van der Waals surface area contributed by atoms with E-state index in [0.29, 0.717) is 0 Å². The van der Waals surface area contributed by atoms with Gasteiger partial charge in [0.05, 0.1) is 0 Å². The smallest absolute Gasteiger partial charge is 0.243 e. The van der Waals surface area contributed by atoms with Crippen LogP contribution in [0.25, 0.3) is 0 Å². The van der Waals surface area contributed by atoms with Crippen LogP contribution in [0.5, 0.6) is 0 Å². The number of sulfonamides is 1. The van der Waals surface area contributed by atoms with Crippen LogP contribution in [-0.4, -0.2) is 26.0 Å². The molecule has 0 aliphatic carbocycles. The summed E-state index contributed by atoms with van der Waals surface area (Å²) in [5.74, 6) is -0.843. The minimum atomic E-state index is -3.84. The summed E-state index contributed by atoms with van der Waals surface area (Å²) >= 11 is 1.53. The summed E-state index contributed by atoms with van der Waals surface area (Å²) in [5, 5.41) is 0. The number of hydrogen-bond acceptors (Lipinski definition) is 4. The number of anilines is 1. The van der Waals surface area contributed by atoms with E-state index >= 15 is 0 Å². The number of rotatable bonds is 5. The maximum atomic E-state index is 13.5. The lowest BCUT2D eigenvalue weighted by atomic mass is 10.2. The molecule has 0 unspecified atom stereocenters. The van der Waals surface area contributed by atoms with Crippen molar-refractivity contribution in [2.24, 2.45) is 0 Å². The zero-order chi connectivity index (χ0) is 14.0. The highest BCUT2D eigenvalue weighted by Crippen LogP contribution is 2.22. The minimum absolute atomic E-state index is 0.191. The monoisotopic (exact) mass is 292 g/mol. The number of benzene rings is 1. The van der Waals surface area contributed by atoms with E-state index in [4.69, 9.17) is 5.73 Å². The quantitative estimate of drug-likeness (QED) is 0.812. The molecule has 1 rings (SSSR count). The highest BCUT2D eigenvalue weighted by atomic mass is 32.2. The van der Waals surface area contributed by atoms with Gasteiger partial charge in [0.25, 0.3) is 0 Å². The molecule has 1 aromatic rings. The molecule has 0 saturated carbocycles. The van der Waals surface area contributed by atoms with Crippen LogP contribution in [0.4, 0.5) is 10.1 Å². The Labute approximate surface area is 111 Å². The molecule has 18 heavy (non-hydrogen) atoms. The predicted octanol–water partition coefficient (Wildman–Crippen LogP) is 1.83. The van der Waals surface area contributed by atoms with E-state index in [0.717, 1.165) is 6.07 Å². The number of nitrogens with one attached hydrogen (secondary N) is 1. The first kappa shape index (κ1) is 15.3. The van der Waals surface area contributed by atoms with Crippen molar-refractivity contribution in [3.05, 3.63) is 24.0 Å². The molecule has 0 aromatic heterocycles. The molecular formula is C11H17FN2O2S2. The van der Waals surface area contributed by atoms with Crippen molar-refractivity contribution in [1.82, 2.24) is 4.72 Å². The molecule has 7 heteroatoms. The Morgan fingerprint density at radius 3 is 2.56 bits per heavy atom. The van der Waals surface area contributed by atoms with Crippen LogP contribution in [-0.2, 0) is 10.0 Å². The molecule has 0 heterocycles. The summed E-state index contributed by atoms with van der Waals surface area (Å²) in [4.78, 5) is -0.381. The molecule has 0 atom stereocenters. The number of thioether (sulfide) groups is 1. The highest BCUT2D eigenvalue weighted by molar-refractivity contribution is 8.00. The van der Waals surface area contributed by atoms with Gasteiger partial charge < -0.3 is 5.73 Å². The predicted molar refractivity (Wildman–Crippen MR) is 73.6 cm³/mol. The first-order valence-corrected chi connectivity index (χ1v) is 7.98. The molecule has 102 valence electrons. The molecular weight excluding hydrogens is 275 g/mol. The third-order valence-corrected chi connectivity index (χ3v) is 5.17. The van der Waals surface area contributed by atoms with Gasteiger partial charge >= 0.3 is 0 Å². The van der Waals surface area contributed by atoms with Crippen molar-refractivity contribution in [3.63, 3.8) is 0 Å². The Balaban J connectivity index is 2.94. The van der Waals surface area contributed by atoms with Crippen molar-refractivity contribution in [2.45, 2.75) is 23.5 Å². The molecule has 0 saturated heterocycles. The fourth-order valence-corrected chi connectivity index (χ4v) is 2.73. The lowest BCUT2D eigenvalue weighted by Gasteiger charge is -2.22. The average molecular weight is 292 g/mol. The maximum absolute atomic E-state index is 13.5. The summed E-state index contributed by atoms with van der Waals surface area (Å²) in [6.45, 7) is 4.03. The Morgan fingerprint density at radius 2 is 2.06 bits per heavy atom. The third-order valence-electron chi connectivity index (χ3n) is 2.49. The maximum Gasteiger partial charge on any atom is 0.243 e. The fraction of sp³-hybridized carbons (Fsp3) is 0.455. The summed E-state index contributed by atoms with van der Waals surface area (Å²) < 4.78 is 39.5. The molecule has 0 spiro atoms. The van der Waals surface area contributed by atoms with Crippen LogP contribution in [0, 0.1) is 5.82 Å². The second kappa shape index (κ2) is 5.46. The van der Waals surface area contributed by atoms with Crippen LogP contribution in [0.3, 0.4) is 0 Å². The van der Waals surface area contributed by atoms with Gasteiger partial charge in [-0.3, -0.25) is 0 Å². The van der Waals surface area contributed by atoms with E-state index in [9.17, 15) is 12.8 Å². The first-order valence-electron chi connectivity index (χ1n) is 5.28. The molecule has 1 aromatic carbocycles.